The first-order chi connectivity index (χ1) is 7.72. The molecule has 3 nitrogen and oxygen atoms in total. The highest BCUT2D eigenvalue weighted by molar-refractivity contribution is 5.78. The largest absolute Gasteiger partial charge is 0.383 e. The van der Waals surface area contributed by atoms with Crippen LogP contribution in [0.2, 0.25) is 0 Å². The molecule has 0 aromatic heterocycles. The Morgan fingerprint density at radius 1 is 1.44 bits per heavy atom. The first kappa shape index (κ1) is 12.7. The van der Waals surface area contributed by atoms with Crippen LogP contribution < -0.4 is 4.90 Å². The standard InChI is InChI=1S/C13H19NO2/c1-4-14(7-8-16-3)13-6-5-12(10-15)11(2)9-13/h5-6,9-10H,4,7-8H2,1-3H3. The number of rotatable bonds is 6. The lowest BCUT2D eigenvalue weighted by Crippen LogP contribution is -2.26. The minimum absolute atomic E-state index is 0.711. The maximum atomic E-state index is 10.7. The van der Waals surface area contributed by atoms with Crippen molar-refractivity contribution in [3.8, 4) is 0 Å². The molecule has 0 N–H and O–H groups in total. The van der Waals surface area contributed by atoms with Crippen molar-refractivity contribution in [1.82, 2.24) is 0 Å². The summed E-state index contributed by atoms with van der Waals surface area (Å²) >= 11 is 0. The van der Waals surface area contributed by atoms with E-state index in [4.69, 9.17) is 4.74 Å². The van der Waals surface area contributed by atoms with Gasteiger partial charge in [-0.15, -0.1) is 0 Å². The first-order valence-corrected chi connectivity index (χ1v) is 5.52. The van der Waals surface area contributed by atoms with Crippen molar-refractivity contribution in [2.75, 3.05) is 31.7 Å². The Morgan fingerprint density at radius 3 is 2.69 bits per heavy atom. The summed E-state index contributed by atoms with van der Waals surface area (Å²) in [5.41, 5.74) is 2.91. The molecule has 0 unspecified atom stereocenters. The second-order valence-electron chi connectivity index (χ2n) is 3.73. The van der Waals surface area contributed by atoms with E-state index >= 15 is 0 Å². The molecule has 0 heterocycles. The van der Waals surface area contributed by atoms with E-state index in [-0.39, 0.29) is 0 Å². The van der Waals surface area contributed by atoms with Gasteiger partial charge < -0.3 is 9.64 Å². The highest BCUT2D eigenvalue weighted by Crippen LogP contribution is 2.18. The van der Waals surface area contributed by atoms with Crippen LogP contribution in [0, 0.1) is 6.92 Å². The lowest BCUT2D eigenvalue weighted by atomic mass is 10.1. The van der Waals surface area contributed by atoms with Crippen molar-refractivity contribution < 1.29 is 9.53 Å². The summed E-state index contributed by atoms with van der Waals surface area (Å²) in [4.78, 5) is 12.9. The van der Waals surface area contributed by atoms with E-state index in [0.717, 1.165) is 36.2 Å². The van der Waals surface area contributed by atoms with E-state index in [1.165, 1.54) is 0 Å². The Kier molecular flexibility index (Phi) is 4.99. The zero-order chi connectivity index (χ0) is 12.0. The summed E-state index contributed by atoms with van der Waals surface area (Å²) in [6.45, 7) is 6.58. The SMILES string of the molecule is CCN(CCOC)c1ccc(C=O)c(C)c1. The minimum Gasteiger partial charge on any atom is -0.383 e. The third kappa shape index (κ3) is 3.07. The van der Waals surface area contributed by atoms with Gasteiger partial charge in [0.15, 0.2) is 0 Å². The lowest BCUT2D eigenvalue weighted by Gasteiger charge is -2.23. The van der Waals surface area contributed by atoms with Crippen LogP contribution >= 0.6 is 0 Å². The zero-order valence-corrected chi connectivity index (χ0v) is 10.2. The van der Waals surface area contributed by atoms with E-state index in [1.807, 2.05) is 25.1 Å². The Balaban J connectivity index is 2.84. The van der Waals surface area contributed by atoms with Crippen molar-refractivity contribution in [2.24, 2.45) is 0 Å². The highest BCUT2D eigenvalue weighted by Gasteiger charge is 2.05. The summed E-state index contributed by atoms with van der Waals surface area (Å²) in [6, 6.07) is 5.89. The predicted octanol–water partition coefficient (Wildman–Crippen LogP) is 2.28. The molecule has 1 rings (SSSR count). The molecule has 0 aliphatic rings. The van der Waals surface area contributed by atoms with E-state index < -0.39 is 0 Å². The van der Waals surface area contributed by atoms with Gasteiger partial charge in [0.25, 0.3) is 0 Å². The average Bonchev–Trinajstić information content (AvgIpc) is 2.30. The minimum atomic E-state index is 0.711. The normalized spacial score (nSPS) is 10.2. The van der Waals surface area contributed by atoms with Crippen molar-refractivity contribution in [3.05, 3.63) is 29.3 Å². The monoisotopic (exact) mass is 221 g/mol. The molecule has 0 atom stereocenters. The molecule has 0 amide bonds. The lowest BCUT2D eigenvalue weighted by molar-refractivity contribution is 0.112. The molecule has 0 saturated carbocycles. The number of nitrogens with zero attached hydrogens (tertiary/aromatic N) is 1. The van der Waals surface area contributed by atoms with Crippen LogP contribution in [-0.4, -0.2) is 33.1 Å². The summed E-state index contributed by atoms with van der Waals surface area (Å²) in [5, 5.41) is 0. The first-order valence-electron chi connectivity index (χ1n) is 5.52. The van der Waals surface area contributed by atoms with Crippen LogP contribution in [0.4, 0.5) is 5.69 Å². The number of carbonyl (C=O) groups is 1. The summed E-state index contributed by atoms with van der Waals surface area (Å²) in [7, 11) is 1.70. The fraction of sp³-hybridized carbons (Fsp3) is 0.462. The van der Waals surface area contributed by atoms with Gasteiger partial charge in [0.1, 0.15) is 6.29 Å². The van der Waals surface area contributed by atoms with Crippen LogP contribution in [0.25, 0.3) is 0 Å². The Morgan fingerprint density at radius 2 is 2.19 bits per heavy atom. The molecule has 0 spiro atoms. The second-order valence-corrected chi connectivity index (χ2v) is 3.73. The van der Waals surface area contributed by atoms with E-state index in [2.05, 4.69) is 11.8 Å². The van der Waals surface area contributed by atoms with E-state index in [1.54, 1.807) is 7.11 Å². The molecule has 88 valence electrons. The molecule has 16 heavy (non-hydrogen) atoms. The van der Waals surface area contributed by atoms with Crippen molar-refractivity contribution in [3.63, 3.8) is 0 Å². The van der Waals surface area contributed by atoms with Crippen molar-refractivity contribution in [1.29, 1.82) is 0 Å². The van der Waals surface area contributed by atoms with Gasteiger partial charge in [0.2, 0.25) is 0 Å². The number of hydrogen-bond acceptors (Lipinski definition) is 3. The number of carbonyl (C=O) groups excluding carboxylic acids is 1. The molecule has 0 aliphatic heterocycles. The van der Waals surface area contributed by atoms with Gasteiger partial charge in [0.05, 0.1) is 6.61 Å². The van der Waals surface area contributed by atoms with E-state index in [0.29, 0.717) is 6.61 Å². The number of ether oxygens (including phenoxy) is 1. The van der Waals surface area contributed by atoms with Crippen LogP contribution in [0.3, 0.4) is 0 Å². The molecule has 0 saturated heterocycles. The molecular weight excluding hydrogens is 202 g/mol. The summed E-state index contributed by atoms with van der Waals surface area (Å²) in [6.07, 6.45) is 0.893. The van der Waals surface area contributed by atoms with Gasteiger partial charge in [-0.1, -0.05) is 0 Å². The molecule has 0 aliphatic carbocycles. The van der Waals surface area contributed by atoms with Crippen LogP contribution in [0.1, 0.15) is 22.8 Å². The molecule has 0 bridgehead atoms. The maximum Gasteiger partial charge on any atom is 0.150 e. The molecule has 0 radical (unpaired) electrons. The second kappa shape index (κ2) is 6.28. The molecule has 3 heteroatoms. The number of likely N-dealkylation sites (N-methyl/N-ethyl adjacent to an activating group) is 1. The summed E-state index contributed by atoms with van der Waals surface area (Å²) in [5.74, 6) is 0. The van der Waals surface area contributed by atoms with Gasteiger partial charge in [0, 0.05) is 31.5 Å². The predicted molar refractivity (Wildman–Crippen MR) is 66.3 cm³/mol. The molecule has 0 fully saturated rings. The van der Waals surface area contributed by atoms with Gasteiger partial charge in [-0.3, -0.25) is 4.79 Å². The summed E-state index contributed by atoms with van der Waals surface area (Å²) < 4.78 is 5.07. The van der Waals surface area contributed by atoms with Gasteiger partial charge in [-0.25, -0.2) is 0 Å². The van der Waals surface area contributed by atoms with Crippen LogP contribution in [0.15, 0.2) is 18.2 Å². The van der Waals surface area contributed by atoms with Crippen molar-refractivity contribution >= 4 is 12.0 Å². The number of aryl methyl sites for hydroxylation is 1. The number of anilines is 1. The fourth-order valence-electron chi connectivity index (χ4n) is 1.66. The topological polar surface area (TPSA) is 29.5 Å². The highest BCUT2D eigenvalue weighted by atomic mass is 16.5. The molecular formula is C13H19NO2. The van der Waals surface area contributed by atoms with Crippen LogP contribution in [-0.2, 0) is 4.74 Å². The third-order valence-electron chi connectivity index (χ3n) is 2.69. The quantitative estimate of drug-likeness (QED) is 0.690. The van der Waals surface area contributed by atoms with Crippen molar-refractivity contribution in [2.45, 2.75) is 13.8 Å². The number of methoxy groups -OCH3 is 1. The van der Waals surface area contributed by atoms with E-state index in [9.17, 15) is 4.79 Å². The van der Waals surface area contributed by atoms with Gasteiger partial charge >= 0.3 is 0 Å². The Bertz CT molecular complexity index is 350. The van der Waals surface area contributed by atoms with Gasteiger partial charge in [-0.05, 0) is 37.6 Å². The smallest absolute Gasteiger partial charge is 0.150 e. The Hall–Kier alpha value is -1.35. The molecule has 1 aromatic carbocycles. The molecule has 1 aromatic rings. The maximum absolute atomic E-state index is 10.7. The zero-order valence-electron chi connectivity index (χ0n) is 10.2. The van der Waals surface area contributed by atoms with Gasteiger partial charge in [-0.2, -0.15) is 0 Å². The average molecular weight is 221 g/mol. The Labute approximate surface area is 97.0 Å². The third-order valence-corrected chi connectivity index (χ3v) is 2.69. The number of hydrogen-bond donors (Lipinski definition) is 0. The van der Waals surface area contributed by atoms with Crippen LogP contribution in [0.5, 0.6) is 0 Å². The number of benzene rings is 1. The fourth-order valence-corrected chi connectivity index (χ4v) is 1.66. The number of aldehydes is 1.